The highest BCUT2D eigenvalue weighted by Gasteiger charge is 2.15. The third-order valence-corrected chi connectivity index (χ3v) is 2.15. The number of hydrogen-bond acceptors (Lipinski definition) is 3. The lowest BCUT2D eigenvalue weighted by atomic mass is 10.2. The van der Waals surface area contributed by atoms with Crippen LogP contribution in [0.4, 0.5) is 0 Å². The molecule has 1 aliphatic rings. The number of carbonyl (C=O) groups is 2. The first-order valence-electron chi connectivity index (χ1n) is 4.85. The van der Waals surface area contributed by atoms with Gasteiger partial charge in [0.1, 0.15) is 0 Å². The van der Waals surface area contributed by atoms with E-state index in [1.807, 2.05) is 0 Å². The summed E-state index contributed by atoms with van der Waals surface area (Å²) in [4.78, 5) is 21.5. The van der Waals surface area contributed by atoms with Crippen LogP contribution in [0.2, 0.25) is 0 Å². The van der Waals surface area contributed by atoms with Crippen LogP contribution in [0.5, 0.6) is 0 Å². The number of carbonyl (C=O) groups excluding carboxylic acids is 2. The summed E-state index contributed by atoms with van der Waals surface area (Å²) in [5.41, 5.74) is 4.92. The summed E-state index contributed by atoms with van der Waals surface area (Å²) in [6.45, 7) is 1.32. The van der Waals surface area contributed by atoms with Gasteiger partial charge in [0.2, 0.25) is 11.8 Å². The molecule has 5 nitrogen and oxygen atoms in total. The molecule has 1 heterocycles. The Morgan fingerprint density at radius 3 is 2.79 bits per heavy atom. The molecule has 1 aliphatic heterocycles. The summed E-state index contributed by atoms with van der Waals surface area (Å²) in [5, 5.41) is 2.71. The standard InChI is InChI=1S/C9H16N2O3/c10-8(12)3-4-9(13)11-6-7-2-1-5-14-7/h7H,1-6H2,(H2,10,12)(H,11,13). The molecule has 14 heavy (non-hydrogen) atoms. The van der Waals surface area contributed by atoms with Crippen LogP contribution in [0, 0.1) is 0 Å². The second kappa shape index (κ2) is 5.59. The Balaban J connectivity index is 2.05. The van der Waals surface area contributed by atoms with E-state index in [4.69, 9.17) is 10.5 Å². The maximum atomic E-state index is 11.1. The van der Waals surface area contributed by atoms with Crippen molar-refractivity contribution in [1.29, 1.82) is 0 Å². The topological polar surface area (TPSA) is 81.4 Å². The van der Waals surface area contributed by atoms with Crippen LogP contribution >= 0.6 is 0 Å². The number of ether oxygens (including phenoxy) is 1. The summed E-state index contributed by atoms with van der Waals surface area (Å²) in [7, 11) is 0. The van der Waals surface area contributed by atoms with Gasteiger partial charge in [0.15, 0.2) is 0 Å². The molecular formula is C9H16N2O3. The van der Waals surface area contributed by atoms with Crippen LogP contribution in [0.25, 0.3) is 0 Å². The van der Waals surface area contributed by atoms with Gasteiger partial charge in [-0.15, -0.1) is 0 Å². The summed E-state index contributed by atoms with van der Waals surface area (Å²) in [6.07, 6.45) is 2.48. The summed E-state index contributed by atoms with van der Waals surface area (Å²) in [6, 6.07) is 0. The molecular weight excluding hydrogens is 184 g/mol. The van der Waals surface area contributed by atoms with E-state index in [1.165, 1.54) is 0 Å². The SMILES string of the molecule is NC(=O)CCC(=O)NCC1CCCO1. The van der Waals surface area contributed by atoms with Crippen molar-refractivity contribution in [3.63, 3.8) is 0 Å². The minimum Gasteiger partial charge on any atom is -0.376 e. The largest absolute Gasteiger partial charge is 0.376 e. The van der Waals surface area contributed by atoms with Gasteiger partial charge in [0.25, 0.3) is 0 Å². The van der Waals surface area contributed by atoms with Crippen LogP contribution in [-0.4, -0.2) is 31.1 Å². The number of rotatable bonds is 5. The number of nitrogens with two attached hydrogens (primary N) is 1. The zero-order chi connectivity index (χ0) is 10.4. The molecule has 1 unspecified atom stereocenters. The Bertz CT molecular complexity index is 212. The minimum atomic E-state index is -0.447. The summed E-state index contributed by atoms with van der Waals surface area (Å²) >= 11 is 0. The second-order valence-corrected chi connectivity index (χ2v) is 3.41. The lowest BCUT2D eigenvalue weighted by molar-refractivity contribution is -0.125. The highest BCUT2D eigenvalue weighted by Crippen LogP contribution is 2.10. The maximum absolute atomic E-state index is 11.1. The molecule has 0 bridgehead atoms. The minimum absolute atomic E-state index is 0.108. The molecule has 2 amide bonds. The van der Waals surface area contributed by atoms with Crippen molar-refractivity contribution in [2.24, 2.45) is 5.73 Å². The second-order valence-electron chi connectivity index (χ2n) is 3.41. The van der Waals surface area contributed by atoms with Crippen molar-refractivity contribution in [3.8, 4) is 0 Å². The average molecular weight is 200 g/mol. The van der Waals surface area contributed by atoms with E-state index in [1.54, 1.807) is 0 Å². The predicted octanol–water partition coefficient (Wildman–Crippen LogP) is -0.453. The Hall–Kier alpha value is -1.10. The van der Waals surface area contributed by atoms with Gasteiger partial charge in [-0.25, -0.2) is 0 Å². The lowest BCUT2D eigenvalue weighted by Crippen LogP contribution is -2.32. The van der Waals surface area contributed by atoms with Crippen LogP contribution in [0.15, 0.2) is 0 Å². The smallest absolute Gasteiger partial charge is 0.220 e. The Morgan fingerprint density at radius 2 is 2.21 bits per heavy atom. The Labute approximate surface area is 83.0 Å². The van der Waals surface area contributed by atoms with Gasteiger partial charge in [-0.1, -0.05) is 0 Å². The molecule has 0 aromatic rings. The van der Waals surface area contributed by atoms with Crippen molar-refractivity contribution in [3.05, 3.63) is 0 Å². The molecule has 1 saturated heterocycles. The number of primary amides is 1. The monoisotopic (exact) mass is 200 g/mol. The third-order valence-electron chi connectivity index (χ3n) is 2.15. The van der Waals surface area contributed by atoms with Gasteiger partial charge >= 0.3 is 0 Å². The third kappa shape index (κ3) is 4.23. The van der Waals surface area contributed by atoms with Gasteiger partial charge in [0, 0.05) is 26.0 Å². The van der Waals surface area contributed by atoms with E-state index in [9.17, 15) is 9.59 Å². The van der Waals surface area contributed by atoms with Crippen molar-refractivity contribution in [1.82, 2.24) is 5.32 Å². The first-order chi connectivity index (χ1) is 6.68. The highest BCUT2D eigenvalue weighted by atomic mass is 16.5. The lowest BCUT2D eigenvalue weighted by Gasteiger charge is -2.09. The molecule has 1 rings (SSSR count). The first kappa shape index (κ1) is 11.0. The van der Waals surface area contributed by atoms with Gasteiger partial charge in [-0.2, -0.15) is 0 Å². The molecule has 3 N–H and O–H groups in total. The number of nitrogens with one attached hydrogen (secondary N) is 1. The molecule has 0 aliphatic carbocycles. The van der Waals surface area contributed by atoms with E-state index in [2.05, 4.69) is 5.32 Å². The maximum Gasteiger partial charge on any atom is 0.220 e. The van der Waals surface area contributed by atoms with Crippen molar-refractivity contribution in [2.75, 3.05) is 13.2 Å². The zero-order valence-corrected chi connectivity index (χ0v) is 8.12. The van der Waals surface area contributed by atoms with Crippen LogP contribution in [-0.2, 0) is 14.3 Å². The molecule has 0 saturated carbocycles. The average Bonchev–Trinajstić information content (AvgIpc) is 2.63. The Kier molecular flexibility index (Phi) is 4.39. The number of amides is 2. The van der Waals surface area contributed by atoms with E-state index >= 15 is 0 Å². The van der Waals surface area contributed by atoms with E-state index < -0.39 is 5.91 Å². The molecule has 0 radical (unpaired) electrons. The van der Waals surface area contributed by atoms with Crippen molar-refractivity contribution in [2.45, 2.75) is 31.8 Å². The molecule has 1 fully saturated rings. The molecule has 5 heteroatoms. The van der Waals surface area contributed by atoms with Gasteiger partial charge < -0.3 is 15.8 Å². The van der Waals surface area contributed by atoms with Gasteiger partial charge in [-0.05, 0) is 12.8 Å². The molecule has 0 aromatic heterocycles. The van der Waals surface area contributed by atoms with Crippen LogP contribution < -0.4 is 11.1 Å². The molecule has 80 valence electrons. The van der Waals surface area contributed by atoms with Gasteiger partial charge in [-0.3, -0.25) is 9.59 Å². The molecule has 0 aromatic carbocycles. The highest BCUT2D eigenvalue weighted by molar-refractivity contribution is 5.82. The zero-order valence-electron chi connectivity index (χ0n) is 8.12. The Morgan fingerprint density at radius 1 is 1.43 bits per heavy atom. The quantitative estimate of drug-likeness (QED) is 0.630. The summed E-state index contributed by atoms with van der Waals surface area (Å²) < 4.78 is 5.32. The van der Waals surface area contributed by atoms with E-state index in [0.29, 0.717) is 6.54 Å². The van der Waals surface area contributed by atoms with Crippen LogP contribution in [0.3, 0.4) is 0 Å². The fourth-order valence-electron chi connectivity index (χ4n) is 1.36. The predicted molar refractivity (Wildman–Crippen MR) is 50.4 cm³/mol. The van der Waals surface area contributed by atoms with Crippen LogP contribution in [0.1, 0.15) is 25.7 Å². The first-order valence-corrected chi connectivity index (χ1v) is 4.85. The molecule has 0 spiro atoms. The van der Waals surface area contributed by atoms with Crippen molar-refractivity contribution < 1.29 is 14.3 Å². The van der Waals surface area contributed by atoms with E-state index in [-0.39, 0.29) is 24.9 Å². The van der Waals surface area contributed by atoms with E-state index in [0.717, 1.165) is 19.4 Å². The molecule has 1 atom stereocenters. The van der Waals surface area contributed by atoms with Gasteiger partial charge in [0.05, 0.1) is 6.10 Å². The van der Waals surface area contributed by atoms with Crippen molar-refractivity contribution >= 4 is 11.8 Å². The summed E-state index contributed by atoms with van der Waals surface area (Å²) in [5.74, 6) is -0.587. The fraction of sp³-hybridized carbons (Fsp3) is 0.778. The number of hydrogen-bond donors (Lipinski definition) is 2. The normalized spacial score (nSPS) is 20.7. The fourth-order valence-corrected chi connectivity index (χ4v) is 1.36.